The fourth-order valence-corrected chi connectivity index (χ4v) is 3.33. The molecule has 0 atom stereocenters. The Balaban J connectivity index is 1.41. The second kappa shape index (κ2) is 9.21. The van der Waals surface area contributed by atoms with Crippen molar-refractivity contribution in [2.24, 2.45) is 5.92 Å². The molecule has 1 aliphatic heterocycles. The Morgan fingerprint density at radius 1 is 1.33 bits per heavy atom. The molecule has 7 heteroatoms. The smallest absolute Gasteiger partial charge is 0.253 e. The van der Waals surface area contributed by atoms with E-state index in [9.17, 15) is 9.59 Å². The highest BCUT2D eigenvalue weighted by atomic mass is 16.5. The van der Waals surface area contributed by atoms with Gasteiger partial charge in [0, 0.05) is 49.9 Å². The minimum Gasteiger partial charge on any atom is -0.497 e. The molecule has 2 aromatic rings. The number of likely N-dealkylation sites (tertiary alicyclic amines) is 1. The summed E-state index contributed by atoms with van der Waals surface area (Å²) in [7, 11) is 1.59. The summed E-state index contributed by atoms with van der Waals surface area (Å²) in [5.74, 6) is 1.66. The van der Waals surface area contributed by atoms with E-state index in [0.717, 1.165) is 18.7 Å². The van der Waals surface area contributed by atoms with E-state index in [4.69, 9.17) is 4.74 Å². The molecule has 0 radical (unpaired) electrons. The molecule has 7 nitrogen and oxygen atoms in total. The molecule has 1 saturated heterocycles. The number of piperidine rings is 1. The van der Waals surface area contributed by atoms with Gasteiger partial charge >= 0.3 is 0 Å². The van der Waals surface area contributed by atoms with Crippen LogP contribution in [0.4, 0.5) is 0 Å². The van der Waals surface area contributed by atoms with Crippen LogP contribution in [-0.4, -0.2) is 53.4 Å². The molecule has 1 aromatic carbocycles. The van der Waals surface area contributed by atoms with Crippen molar-refractivity contribution in [3.05, 3.63) is 48.0 Å². The van der Waals surface area contributed by atoms with Crippen molar-refractivity contribution in [1.29, 1.82) is 0 Å². The first-order valence-electron chi connectivity index (χ1n) is 9.36. The highest BCUT2D eigenvalue weighted by Gasteiger charge is 2.27. The third-order valence-corrected chi connectivity index (χ3v) is 4.91. The number of rotatable bonds is 7. The fourth-order valence-electron chi connectivity index (χ4n) is 3.33. The molecule has 2 amide bonds. The SMILES string of the molecule is COc1cccc(C(=O)N2CCC(C(=O)NCCCc3ncc[nH]3)CC2)c1. The molecule has 0 unspecified atom stereocenters. The topological polar surface area (TPSA) is 87.3 Å². The average molecular weight is 370 g/mol. The summed E-state index contributed by atoms with van der Waals surface area (Å²) in [6, 6.07) is 7.18. The first-order chi connectivity index (χ1) is 13.2. The molecular weight excluding hydrogens is 344 g/mol. The van der Waals surface area contributed by atoms with Crippen molar-refractivity contribution in [3.63, 3.8) is 0 Å². The molecule has 1 fully saturated rings. The summed E-state index contributed by atoms with van der Waals surface area (Å²) in [5.41, 5.74) is 0.621. The molecule has 1 aromatic heterocycles. The molecule has 27 heavy (non-hydrogen) atoms. The third kappa shape index (κ3) is 5.09. The predicted octanol–water partition coefficient (Wildman–Crippen LogP) is 2.02. The second-order valence-electron chi connectivity index (χ2n) is 6.73. The van der Waals surface area contributed by atoms with E-state index in [2.05, 4.69) is 15.3 Å². The van der Waals surface area contributed by atoms with Crippen LogP contribution in [0, 0.1) is 5.92 Å². The van der Waals surface area contributed by atoms with Crippen LogP contribution in [-0.2, 0) is 11.2 Å². The maximum absolute atomic E-state index is 12.6. The standard InChI is InChI=1S/C20H26N4O3/c1-27-17-5-2-4-16(14-17)20(26)24-12-7-15(8-13-24)19(25)23-9-3-6-18-21-10-11-22-18/h2,4-5,10-11,14-15H,3,6-9,12-13H2,1H3,(H,21,22)(H,23,25). The van der Waals surface area contributed by atoms with E-state index in [-0.39, 0.29) is 17.7 Å². The first-order valence-corrected chi connectivity index (χ1v) is 9.36. The summed E-state index contributed by atoms with van der Waals surface area (Å²) in [6.07, 6.45) is 6.59. The molecular formula is C20H26N4O3. The highest BCUT2D eigenvalue weighted by Crippen LogP contribution is 2.21. The molecule has 0 bridgehead atoms. The molecule has 0 saturated carbocycles. The van der Waals surface area contributed by atoms with Crippen LogP contribution >= 0.6 is 0 Å². The molecule has 1 aliphatic rings. The first kappa shape index (κ1) is 18.9. The van der Waals surface area contributed by atoms with Crippen molar-refractivity contribution in [3.8, 4) is 5.75 Å². The summed E-state index contributed by atoms with van der Waals surface area (Å²) in [4.78, 5) is 34.0. The molecule has 3 rings (SSSR count). The van der Waals surface area contributed by atoms with Gasteiger partial charge < -0.3 is 19.9 Å². The number of benzene rings is 1. The lowest BCUT2D eigenvalue weighted by atomic mass is 9.95. The van der Waals surface area contributed by atoms with Crippen LogP contribution in [0.25, 0.3) is 0 Å². The number of ether oxygens (including phenoxy) is 1. The van der Waals surface area contributed by atoms with Crippen molar-refractivity contribution < 1.29 is 14.3 Å². The number of methoxy groups -OCH3 is 1. The number of aryl methyl sites for hydroxylation is 1. The quantitative estimate of drug-likeness (QED) is 0.730. The summed E-state index contributed by atoms with van der Waals surface area (Å²) in [5, 5.41) is 3.01. The van der Waals surface area contributed by atoms with Crippen LogP contribution < -0.4 is 10.1 Å². The molecule has 2 N–H and O–H groups in total. The van der Waals surface area contributed by atoms with Gasteiger partial charge in [0.2, 0.25) is 5.91 Å². The zero-order valence-corrected chi connectivity index (χ0v) is 15.6. The lowest BCUT2D eigenvalue weighted by molar-refractivity contribution is -0.126. The Labute approximate surface area is 159 Å². The van der Waals surface area contributed by atoms with Crippen molar-refractivity contribution in [2.75, 3.05) is 26.7 Å². The van der Waals surface area contributed by atoms with Gasteiger partial charge in [0.05, 0.1) is 7.11 Å². The Morgan fingerprint density at radius 3 is 2.85 bits per heavy atom. The van der Waals surface area contributed by atoms with E-state index >= 15 is 0 Å². The van der Waals surface area contributed by atoms with Crippen molar-refractivity contribution in [1.82, 2.24) is 20.2 Å². The van der Waals surface area contributed by atoms with E-state index in [1.807, 2.05) is 17.0 Å². The van der Waals surface area contributed by atoms with Crippen molar-refractivity contribution in [2.45, 2.75) is 25.7 Å². The molecule has 2 heterocycles. The van der Waals surface area contributed by atoms with Gasteiger partial charge in [0.25, 0.3) is 5.91 Å². The minimum atomic E-state index is -0.0250. The van der Waals surface area contributed by atoms with E-state index in [1.54, 1.807) is 31.6 Å². The number of nitrogens with zero attached hydrogens (tertiary/aromatic N) is 2. The monoisotopic (exact) mass is 370 g/mol. The zero-order valence-electron chi connectivity index (χ0n) is 15.6. The van der Waals surface area contributed by atoms with Crippen LogP contribution in [0.1, 0.15) is 35.4 Å². The van der Waals surface area contributed by atoms with Gasteiger partial charge in [0.1, 0.15) is 11.6 Å². The zero-order chi connectivity index (χ0) is 19.1. The van der Waals surface area contributed by atoms with E-state index in [1.165, 1.54) is 0 Å². The van der Waals surface area contributed by atoms with Gasteiger partial charge in [0.15, 0.2) is 0 Å². The second-order valence-corrected chi connectivity index (χ2v) is 6.73. The Kier molecular flexibility index (Phi) is 6.46. The fraction of sp³-hybridized carbons (Fsp3) is 0.450. The van der Waals surface area contributed by atoms with Crippen molar-refractivity contribution >= 4 is 11.8 Å². The maximum atomic E-state index is 12.6. The lowest BCUT2D eigenvalue weighted by Crippen LogP contribution is -2.43. The number of carbonyl (C=O) groups excluding carboxylic acids is 2. The number of H-pyrrole nitrogens is 1. The number of hydrogen-bond donors (Lipinski definition) is 2. The van der Waals surface area contributed by atoms with Gasteiger partial charge in [-0.2, -0.15) is 0 Å². The average Bonchev–Trinajstić information content (AvgIpc) is 3.24. The number of nitrogens with one attached hydrogen (secondary N) is 2. The van der Waals surface area contributed by atoms with Gasteiger partial charge in [-0.15, -0.1) is 0 Å². The number of hydrogen-bond acceptors (Lipinski definition) is 4. The number of imidazole rings is 1. The van der Waals surface area contributed by atoms with E-state index in [0.29, 0.717) is 43.8 Å². The Bertz CT molecular complexity index is 752. The number of carbonyl (C=O) groups is 2. The predicted molar refractivity (Wildman–Crippen MR) is 102 cm³/mol. The Hall–Kier alpha value is -2.83. The maximum Gasteiger partial charge on any atom is 0.253 e. The number of aromatic nitrogens is 2. The van der Waals surface area contributed by atoms with Gasteiger partial charge in [-0.05, 0) is 37.5 Å². The Morgan fingerprint density at radius 2 is 2.15 bits per heavy atom. The number of amides is 2. The lowest BCUT2D eigenvalue weighted by Gasteiger charge is -2.31. The van der Waals surface area contributed by atoms with Gasteiger partial charge in [-0.25, -0.2) is 4.98 Å². The highest BCUT2D eigenvalue weighted by molar-refractivity contribution is 5.94. The van der Waals surface area contributed by atoms with Crippen LogP contribution in [0.3, 0.4) is 0 Å². The van der Waals surface area contributed by atoms with Crippen LogP contribution in [0.15, 0.2) is 36.7 Å². The molecule has 0 aliphatic carbocycles. The summed E-state index contributed by atoms with van der Waals surface area (Å²) in [6.45, 7) is 1.84. The molecule has 0 spiro atoms. The summed E-state index contributed by atoms with van der Waals surface area (Å²) >= 11 is 0. The third-order valence-electron chi connectivity index (χ3n) is 4.91. The number of aromatic amines is 1. The normalized spacial score (nSPS) is 14.8. The molecule has 144 valence electrons. The minimum absolute atomic E-state index is 0.00814. The largest absolute Gasteiger partial charge is 0.497 e. The summed E-state index contributed by atoms with van der Waals surface area (Å²) < 4.78 is 5.18. The van der Waals surface area contributed by atoms with Gasteiger partial charge in [-0.1, -0.05) is 6.07 Å². The van der Waals surface area contributed by atoms with Gasteiger partial charge in [-0.3, -0.25) is 9.59 Å². The van der Waals surface area contributed by atoms with E-state index < -0.39 is 0 Å². The van der Waals surface area contributed by atoms with Crippen LogP contribution in [0.2, 0.25) is 0 Å². The van der Waals surface area contributed by atoms with Crippen LogP contribution in [0.5, 0.6) is 5.75 Å².